The fourth-order valence-corrected chi connectivity index (χ4v) is 13.3. The summed E-state index contributed by atoms with van der Waals surface area (Å²) in [5.41, 5.74) is -1.03. The first kappa shape index (κ1) is 54.1. The summed E-state index contributed by atoms with van der Waals surface area (Å²) in [6.07, 6.45) is 3.60. The molecular formula is C52H65ClF3N7O6S3. The maximum absolute atomic E-state index is 14.3. The first-order chi connectivity index (χ1) is 34.3. The van der Waals surface area contributed by atoms with Crippen molar-refractivity contribution in [3.63, 3.8) is 0 Å². The maximum atomic E-state index is 14.3. The zero-order chi connectivity index (χ0) is 51.1. The predicted molar refractivity (Wildman–Crippen MR) is 280 cm³/mol. The lowest BCUT2D eigenvalue weighted by Crippen LogP contribution is -2.49. The zero-order valence-electron chi connectivity index (χ0n) is 40.8. The summed E-state index contributed by atoms with van der Waals surface area (Å²) in [5, 5.41) is 7.20. The molecule has 72 heavy (non-hydrogen) atoms. The molecule has 4 aliphatic rings. The van der Waals surface area contributed by atoms with Crippen LogP contribution in [0.5, 0.6) is 0 Å². The van der Waals surface area contributed by atoms with E-state index in [2.05, 4.69) is 49.3 Å². The molecular weight excluding hydrogens is 1010 g/mol. The molecule has 1 amide bonds. The average molecular weight is 1070 g/mol. The van der Waals surface area contributed by atoms with Gasteiger partial charge in [-0.3, -0.25) is 14.6 Å². The van der Waals surface area contributed by atoms with Gasteiger partial charge in [0.2, 0.25) is 0 Å². The van der Waals surface area contributed by atoms with Crippen molar-refractivity contribution in [2.45, 2.75) is 71.9 Å². The van der Waals surface area contributed by atoms with Crippen molar-refractivity contribution in [2.24, 2.45) is 5.41 Å². The van der Waals surface area contributed by atoms with Gasteiger partial charge in [-0.1, -0.05) is 54.4 Å². The van der Waals surface area contributed by atoms with Crippen molar-refractivity contribution in [3.05, 3.63) is 119 Å². The van der Waals surface area contributed by atoms with Crippen LogP contribution in [-0.4, -0.2) is 153 Å². The Labute approximate surface area is 431 Å². The van der Waals surface area contributed by atoms with E-state index in [4.69, 9.17) is 16.3 Å². The highest BCUT2D eigenvalue weighted by Gasteiger charge is 2.48. The molecule has 13 nitrogen and oxygen atoms in total. The number of allylic oxidation sites excluding steroid dienone is 1. The Morgan fingerprint density at radius 2 is 1.60 bits per heavy atom. The number of alkyl halides is 3. The number of rotatable bonds is 18. The predicted octanol–water partition coefficient (Wildman–Crippen LogP) is 8.11. The molecule has 20 heteroatoms. The van der Waals surface area contributed by atoms with Crippen LogP contribution >= 0.6 is 23.4 Å². The van der Waals surface area contributed by atoms with Crippen LogP contribution in [0.1, 0.15) is 55.5 Å². The van der Waals surface area contributed by atoms with Gasteiger partial charge in [-0.05, 0) is 116 Å². The number of carbonyl (C=O) groups excluding carboxylic acids is 1. The molecule has 4 aromatic carbocycles. The van der Waals surface area contributed by atoms with Crippen molar-refractivity contribution < 1.29 is 39.5 Å². The molecule has 8 rings (SSSR count). The number of sulfonamides is 1. The minimum atomic E-state index is -6.07. The Hall–Kier alpha value is -4.18. The largest absolute Gasteiger partial charge is 0.501 e. The fourth-order valence-electron chi connectivity index (χ4n) is 10.2. The number of nitrogens with zero attached hydrogens (tertiary/aromatic N) is 4. The summed E-state index contributed by atoms with van der Waals surface area (Å²) in [6, 6.07) is 26.0. The van der Waals surface area contributed by atoms with Crippen LogP contribution in [0.3, 0.4) is 0 Å². The second-order valence-electron chi connectivity index (χ2n) is 19.7. The van der Waals surface area contributed by atoms with Crippen molar-refractivity contribution in [3.8, 4) is 0 Å². The van der Waals surface area contributed by atoms with Gasteiger partial charge in [-0.25, -0.2) is 21.6 Å². The van der Waals surface area contributed by atoms with Crippen LogP contribution in [0, 0.1) is 5.41 Å². The van der Waals surface area contributed by atoms with Crippen molar-refractivity contribution in [1.82, 2.24) is 24.7 Å². The number of nitrogens with one attached hydrogen (secondary N) is 3. The van der Waals surface area contributed by atoms with E-state index in [0.717, 1.165) is 107 Å². The Balaban J connectivity index is 0.922. The number of anilines is 2. The van der Waals surface area contributed by atoms with Crippen molar-refractivity contribution in [2.75, 3.05) is 108 Å². The zero-order valence-corrected chi connectivity index (χ0v) is 44.0. The fraction of sp³-hybridized carbons (Fsp3) is 0.481. The van der Waals surface area contributed by atoms with Crippen LogP contribution < -0.4 is 20.3 Å². The number of halogens is 4. The van der Waals surface area contributed by atoms with Crippen LogP contribution in [0.15, 0.2) is 117 Å². The van der Waals surface area contributed by atoms with Gasteiger partial charge >= 0.3 is 5.51 Å². The molecule has 3 atom stereocenters. The normalized spacial score (nSPS) is 21.6. The van der Waals surface area contributed by atoms with Crippen LogP contribution in [0.2, 0.25) is 5.02 Å². The molecule has 390 valence electrons. The monoisotopic (exact) mass is 1070 g/mol. The second kappa shape index (κ2) is 23.6. The number of hydrogen-bond acceptors (Lipinski definition) is 13. The van der Waals surface area contributed by atoms with E-state index in [9.17, 15) is 34.8 Å². The first-order valence-corrected chi connectivity index (χ1v) is 29.0. The van der Waals surface area contributed by atoms with Gasteiger partial charge in [0.1, 0.15) is 4.90 Å². The van der Waals surface area contributed by atoms with E-state index in [-0.39, 0.29) is 17.1 Å². The Morgan fingerprint density at radius 1 is 0.889 bits per heavy atom. The molecule has 3 saturated heterocycles. The van der Waals surface area contributed by atoms with Crippen LogP contribution in [-0.2, 0) is 24.6 Å². The number of carbonyl (C=O) groups is 1. The number of thioether (sulfide) groups is 1. The van der Waals surface area contributed by atoms with Crippen molar-refractivity contribution in [1.29, 1.82) is 0 Å². The highest BCUT2D eigenvalue weighted by atomic mass is 35.5. The summed E-state index contributed by atoms with van der Waals surface area (Å²) in [4.78, 5) is 21.8. The maximum Gasteiger partial charge on any atom is 0.501 e. The van der Waals surface area contributed by atoms with Crippen LogP contribution in [0.25, 0.3) is 5.57 Å². The summed E-state index contributed by atoms with van der Waals surface area (Å²) in [6.45, 7) is 16.0. The first-order valence-electron chi connectivity index (χ1n) is 24.6. The van der Waals surface area contributed by atoms with E-state index < -0.39 is 52.8 Å². The van der Waals surface area contributed by atoms with Gasteiger partial charge in [0, 0.05) is 118 Å². The second-order valence-corrected chi connectivity index (χ2v) is 24.8. The average Bonchev–Trinajstić information content (AvgIpc) is 3.35. The van der Waals surface area contributed by atoms with Crippen molar-refractivity contribution >= 4 is 66.1 Å². The van der Waals surface area contributed by atoms with E-state index in [1.165, 1.54) is 40.6 Å². The minimum absolute atomic E-state index is 0.00127. The SMILES string of the molecule is CC1CN(CC[C@H](CSc2ccccc2)Nc2ccc(S(=O)(=O)NC(=O)c3ccc(N4CCN(CC5=C(c6ccc(Cl)cc6)CC[C@@](C)(CN6CCNCC6)C5)CC4)cc3)cc2S(=O)(=O)C(F)(F)F)CCO1. The van der Waals surface area contributed by atoms with E-state index in [1.54, 1.807) is 12.1 Å². The number of ether oxygens (including phenoxy) is 1. The molecule has 4 aromatic rings. The Morgan fingerprint density at radius 3 is 2.28 bits per heavy atom. The van der Waals surface area contributed by atoms with Gasteiger partial charge < -0.3 is 25.2 Å². The molecule has 0 aromatic heterocycles. The molecule has 0 saturated carbocycles. The van der Waals surface area contributed by atoms with Gasteiger partial charge in [0.25, 0.3) is 25.8 Å². The molecule has 3 aliphatic heterocycles. The number of amides is 1. The smallest absolute Gasteiger partial charge is 0.380 e. The molecule has 0 bridgehead atoms. The quantitative estimate of drug-likeness (QED) is 0.0827. The number of sulfone groups is 1. The van der Waals surface area contributed by atoms with E-state index >= 15 is 0 Å². The van der Waals surface area contributed by atoms with E-state index in [0.29, 0.717) is 49.5 Å². The highest BCUT2D eigenvalue weighted by molar-refractivity contribution is 7.99. The number of morpholine rings is 1. The van der Waals surface area contributed by atoms with Gasteiger partial charge in [0.15, 0.2) is 0 Å². The number of hydrogen-bond donors (Lipinski definition) is 3. The molecule has 3 heterocycles. The lowest BCUT2D eigenvalue weighted by Gasteiger charge is -2.43. The minimum Gasteiger partial charge on any atom is -0.380 e. The summed E-state index contributed by atoms with van der Waals surface area (Å²) in [7, 11) is -10.9. The molecule has 3 N–H and O–H groups in total. The lowest BCUT2D eigenvalue weighted by molar-refractivity contribution is -0.0435. The van der Waals surface area contributed by atoms with Gasteiger partial charge in [0.05, 0.1) is 23.3 Å². The lowest BCUT2D eigenvalue weighted by atomic mass is 9.71. The van der Waals surface area contributed by atoms with E-state index in [1.807, 2.05) is 54.1 Å². The summed E-state index contributed by atoms with van der Waals surface area (Å²) < 4.78 is 104. The summed E-state index contributed by atoms with van der Waals surface area (Å²) in [5.74, 6) is -0.659. The Kier molecular flexibility index (Phi) is 17.7. The topological polar surface area (TPSA) is 144 Å². The Bertz CT molecular complexity index is 2740. The number of piperazine rings is 2. The molecule has 0 radical (unpaired) electrons. The molecule has 0 spiro atoms. The van der Waals surface area contributed by atoms with Gasteiger partial charge in [-0.15, -0.1) is 11.8 Å². The summed E-state index contributed by atoms with van der Waals surface area (Å²) >= 11 is 7.74. The standard InChI is InChI=1S/C52H65ClF3N7O6S3/c1-38-34-60(30-31-69-38)23-19-43(36-70-45-6-4-3-5-7-45)58-48-17-16-46(32-49(48)71(65,66)52(54,55)56)72(67,68)59-50(64)40-10-14-44(15-11-40)63-28-26-61(27-29-63)35-41-33-51(2,37-62-24-21-57-22-25-62)20-18-47(41)39-8-12-42(53)13-9-39/h3-17,32,38,43,57-58H,18-31,33-37H2,1-2H3,(H,59,64)/t38?,43-,51-/m1/s1. The van der Waals surface area contributed by atoms with Crippen LogP contribution in [0.4, 0.5) is 24.5 Å². The third kappa shape index (κ3) is 13.9. The van der Waals surface area contributed by atoms with Gasteiger partial charge in [-0.2, -0.15) is 13.2 Å². The highest BCUT2D eigenvalue weighted by Crippen LogP contribution is 2.44. The molecule has 1 aliphatic carbocycles. The molecule has 1 unspecified atom stereocenters. The number of benzene rings is 4. The third-order valence-electron chi connectivity index (χ3n) is 14.1. The molecule has 3 fully saturated rings. The third-order valence-corrected chi connectivity index (χ3v) is 18.4.